The van der Waals surface area contributed by atoms with E-state index in [1.807, 2.05) is 6.07 Å². The van der Waals surface area contributed by atoms with Gasteiger partial charge in [-0.05, 0) is 24.3 Å². The molecule has 2 aromatic rings. The first-order chi connectivity index (χ1) is 7.36. The standard InChI is InChI=1S/C12H8NO2/c14-12(10-6-2-1-3-7-10)15-11-8-4-5-9-13-11/h1-3,5-9H. The highest BCUT2D eigenvalue weighted by atomic mass is 16.5. The Morgan fingerprint density at radius 1 is 1.27 bits per heavy atom. The average Bonchev–Trinajstić information content (AvgIpc) is 2.31. The number of carbonyl (C=O) groups is 1. The molecule has 0 fully saturated rings. The first kappa shape index (κ1) is 9.40. The summed E-state index contributed by atoms with van der Waals surface area (Å²) in [6, 6.07) is 14.7. The molecule has 1 heterocycles. The smallest absolute Gasteiger partial charge is 0.344 e. The molecule has 1 radical (unpaired) electrons. The highest BCUT2D eigenvalue weighted by Gasteiger charge is 2.07. The number of ether oxygens (including phenoxy) is 1. The second-order valence-electron chi connectivity index (χ2n) is 2.85. The van der Waals surface area contributed by atoms with E-state index >= 15 is 0 Å². The van der Waals surface area contributed by atoms with Crippen LogP contribution >= 0.6 is 0 Å². The van der Waals surface area contributed by atoms with E-state index in [2.05, 4.69) is 11.1 Å². The summed E-state index contributed by atoms with van der Waals surface area (Å²) in [5, 5.41) is 0. The fourth-order valence-electron chi connectivity index (χ4n) is 1.09. The van der Waals surface area contributed by atoms with Crippen LogP contribution in [0.1, 0.15) is 10.4 Å². The molecule has 3 heteroatoms. The van der Waals surface area contributed by atoms with Crippen molar-refractivity contribution >= 4 is 5.97 Å². The van der Waals surface area contributed by atoms with Crippen LogP contribution in [0.25, 0.3) is 0 Å². The van der Waals surface area contributed by atoms with Crippen LogP contribution in [0.3, 0.4) is 0 Å². The Morgan fingerprint density at radius 3 is 2.73 bits per heavy atom. The topological polar surface area (TPSA) is 39.2 Å². The van der Waals surface area contributed by atoms with Crippen LogP contribution in [0.15, 0.2) is 48.7 Å². The van der Waals surface area contributed by atoms with Crippen molar-refractivity contribution in [3.63, 3.8) is 0 Å². The molecule has 0 amide bonds. The molecule has 0 bridgehead atoms. The van der Waals surface area contributed by atoms with E-state index < -0.39 is 5.97 Å². The van der Waals surface area contributed by atoms with Gasteiger partial charge in [0.2, 0.25) is 5.88 Å². The lowest BCUT2D eigenvalue weighted by Gasteiger charge is -2.01. The molecule has 0 unspecified atom stereocenters. The summed E-state index contributed by atoms with van der Waals surface area (Å²) in [5.74, 6) is -0.158. The second kappa shape index (κ2) is 4.37. The fraction of sp³-hybridized carbons (Fsp3) is 0. The van der Waals surface area contributed by atoms with Gasteiger partial charge in [-0.1, -0.05) is 18.2 Å². The predicted molar refractivity (Wildman–Crippen MR) is 54.5 cm³/mol. The Morgan fingerprint density at radius 2 is 2.07 bits per heavy atom. The fourth-order valence-corrected chi connectivity index (χ4v) is 1.09. The third-order valence-electron chi connectivity index (χ3n) is 1.79. The molecule has 0 N–H and O–H groups in total. The first-order valence-corrected chi connectivity index (χ1v) is 4.45. The maximum absolute atomic E-state index is 11.5. The van der Waals surface area contributed by atoms with Crippen LogP contribution in [0.4, 0.5) is 0 Å². The molecule has 0 aliphatic rings. The summed E-state index contributed by atoms with van der Waals surface area (Å²) in [5.41, 5.74) is 0.503. The molecule has 0 aliphatic heterocycles. The van der Waals surface area contributed by atoms with Gasteiger partial charge in [0.25, 0.3) is 0 Å². The molecule has 0 saturated carbocycles. The van der Waals surface area contributed by atoms with E-state index in [0.29, 0.717) is 5.56 Å². The zero-order valence-corrected chi connectivity index (χ0v) is 7.88. The van der Waals surface area contributed by atoms with Gasteiger partial charge in [0.1, 0.15) is 0 Å². The van der Waals surface area contributed by atoms with Crippen LogP contribution < -0.4 is 4.74 Å². The molecule has 3 nitrogen and oxygen atoms in total. The zero-order chi connectivity index (χ0) is 10.5. The van der Waals surface area contributed by atoms with E-state index in [4.69, 9.17) is 4.74 Å². The van der Waals surface area contributed by atoms with Gasteiger partial charge in [0.15, 0.2) is 0 Å². The van der Waals surface area contributed by atoms with E-state index in [1.54, 1.807) is 30.3 Å². The molecular formula is C12H8NO2. The maximum Gasteiger partial charge on any atom is 0.344 e. The molecule has 2 rings (SSSR count). The van der Waals surface area contributed by atoms with Crippen LogP contribution in [0.5, 0.6) is 5.88 Å². The van der Waals surface area contributed by atoms with Crippen LogP contribution in [0.2, 0.25) is 0 Å². The molecule has 15 heavy (non-hydrogen) atoms. The average molecular weight is 198 g/mol. The van der Waals surface area contributed by atoms with E-state index in [1.165, 1.54) is 12.3 Å². The number of benzene rings is 1. The lowest BCUT2D eigenvalue weighted by Crippen LogP contribution is -2.08. The maximum atomic E-state index is 11.5. The van der Waals surface area contributed by atoms with Crippen molar-refractivity contribution in [3.05, 3.63) is 60.3 Å². The van der Waals surface area contributed by atoms with Gasteiger partial charge in [0, 0.05) is 12.3 Å². The third kappa shape index (κ3) is 2.40. The third-order valence-corrected chi connectivity index (χ3v) is 1.79. The van der Waals surface area contributed by atoms with Gasteiger partial charge in [0.05, 0.1) is 5.56 Å². The van der Waals surface area contributed by atoms with Gasteiger partial charge < -0.3 is 4.74 Å². The number of pyridine rings is 1. The summed E-state index contributed by atoms with van der Waals surface area (Å²) in [6.07, 6.45) is 1.52. The molecule has 0 spiro atoms. The molecule has 1 aromatic carbocycles. The number of hydrogen-bond donors (Lipinski definition) is 0. The lowest BCUT2D eigenvalue weighted by molar-refractivity contribution is 0.0727. The van der Waals surface area contributed by atoms with E-state index in [0.717, 1.165) is 0 Å². The van der Waals surface area contributed by atoms with Crippen LogP contribution in [-0.4, -0.2) is 11.0 Å². The number of esters is 1. The summed E-state index contributed by atoms with van der Waals surface area (Å²) < 4.78 is 5.02. The Kier molecular flexibility index (Phi) is 2.74. The predicted octanol–water partition coefficient (Wildman–Crippen LogP) is 2.10. The van der Waals surface area contributed by atoms with Crippen molar-refractivity contribution in [1.82, 2.24) is 4.98 Å². The molecular weight excluding hydrogens is 190 g/mol. The summed E-state index contributed by atoms with van der Waals surface area (Å²) in [6.45, 7) is 0. The van der Waals surface area contributed by atoms with E-state index in [9.17, 15) is 4.79 Å². The van der Waals surface area contributed by atoms with Gasteiger partial charge in [-0.25, -0.2) is 9.78 Å². The van der Waals surface area contributed by atoms with Gasteiger partial charge in [-0.3, -0.25) is 0 Å². The minimum Gasteiger partial charge on any atom is -0.404 e. The largest absolute Gasteiger partial charge is 0.404 e. The zero-order valence-electron chi connectivity index (χ0n) is 7.88. The minimum absolute atomic E-state index is 0.256. The van der Waals surface area contributed by atoms with Crippen molar-refractivity contribution in [2.45, 2.75) is 0 Å². The van der Waals surface area contributed by atoms with Gasteiger partial charge in [-0.2, -0.15) is 0 Å². The quantitative estimate of drug-likeness (QED) is 0.693. The SMILES string of the molecule is O=C(Oc1c[c]ccn1)c1ccccc1. The Bertz CT molecular complexity index is 440. The number of hydrogen-bond acceptors (Lipinski definition) is 3. The van der Waals surface area contributed by atoms with Gasteiger partial charge >= 0.3 is 5.97 Å². The Balaban J connectivity index is 2.12. The normalized spacial score (nSPS) is 9.60. The number of carbonyl (C=O) groups excluding carboxylic acids is 1. The second-order valence-corrected chi connectivity index (χ2v) is 2.85. The Labute approximate surface area is 87.3 Å². The van der Waals surface area contributed by atoms with E-state index in [-0.39, 0.29) is 5.88 Å². The molecule has 73 valence electrons. The van der Waals surface area contributed by atoms with Crippen molar-refractivity contribution < 1.29 is 9.53 Å². The van der Waals surface area contributed by atoms with Crippen LogP contribution in [-0.2, 0) is 0 Å². The first-order valence-electron chi connectivity index (χ1n) is 4.45. The monoisotopic (exact) mass is 198 g/mol. The molecule has 0 atom stereocenters. The number of rotatable bonds is 2. The lowest BCUT2D eigenvalue weighted by atomic mass is 10.2. The van der Waals surface area contributed by atoms with Crippen molar-refractivity contribution in [1.29, 1.82) is 0 Å². The van der Waals surface area contributed by atoms with Crippen molar-refractivity contribution in [3.8, 4) is 5.88 Å². The summed E-state index contributed by atoms with van der Waals surface area (Å²) in [7, 11) is 0. The van der Waals surface area contributed by atoms with Gasteiger partial charge in [-0.15, -0.1) is 0 Å². The summed E-state index contributed by atoms with van der Waals surface area (Å²) >= 11 is 0. The highest BCUT2D eigenvalue weighted by molar-refractivity contribution is 5.90. The van der Waals surface area contributed by atoms with Crippen LogP contribution in [0, 0.1) is 6.07 Å². The highest BCUT2D eigenvalue weighted by Crippen LogP contribution is 2.07. The minimum atomic E-state index is -0.414. The number of nitrogens with zero attached hydrogens (tertiary/aromatic N) is 1. The molecule has 0 saturated heterocycles. The summed E-state index contributed by atoms with van der Waals surface area (Å²) in [4.78, 5) is 15.4. The van der Waals surface area contributed by atoms with Crippen molar-refractivity contribution in [2.75, 3.05) is 0 Å². The molecule has 1 aromatic heterocycles. The van der Waals surface area contributed by atoms with Crippen molar-refractivity contribution in [2.24, 2.45) is 0 Å². The Hall–Kier alpha value is -2.16. The molecule has 0 aliphatic carbocycles. The number of aromatic nitrogens is 1.